The summed E-state index contributed by atoms with van der Waals surface area (Å²) >= 11 is 1.91. The predicted octanol–water partition coefficient (Wildman–Crippen LogP) is 5.46. The van der Waals surface area contributed by atoms with Crippen molar-refractivity contribution in [2.45, 2.75) is 44.6 Å². The van der Waals surface area contributed by atoms with Crippen molar-refractivity contribution < 1.29 is 23.5 Å². The maximum Gasteiger partial charge on any atom is 0.261 e. The molecule has 1 saturated carbocycles. The Balaban J connectivity index is 1.80. The fraction of sp³-hybridized carbons (Fsp3) is 0.381. The lowest BCUT2D eigenvalue weighted by molar-refractivity contribution is -0.112. The van der Waals surface area contributed by atoms with Gasteiger partial charge in [-0.25, -0.2) is 8.78 Å². The van der Waals surface area contributed by atoms with Crippen LogP contribution in [-0.2, 0) is 4.79 Å². The van der Waals surface area contributed by atoms with Gasteiger partial charge in [0.05, 0.1) is 33.6 Å². The van der Waals surface area contributed by atoms with E-state index in [0.717, 1.165) is 5.39 Å². The Bertz CT molecular complexity index is 1050. The van der Waals surface area contributed by atoms with Gasteiger partial charge in [-0.3, -0.25) is 9.48 Å². The van der Waals surface area contributed by atoms with E-state index in [0.29, 0.717) is 39.1 Å². The lowest BCUT2D eigenvalue weighted by Crippen LogP contribution is -2.26. The van der Waals surface area contributed by atoms with Gasteiger partial charge in [0.25, 0.3) is 5.91 Å². The number of rotatable bonds is 6. The van der Waals surface area contributed by atoms with Crippen LogP contribution in [0.3, 0.4) is 0 Å². The van der Waals surface area contributed by atoms with Gasteiger partial charge in [-0.05, 0) is 60.6 Å². The zero-order chi connectivity index (χ0) is 22.6. The van der Waals surface area contributed by atoms with Gasteiger partial charge in [-0.1, -0.05) is 11.2 Å². The number of nitrogens with zero attached hydrogens (tertiary/aromatic N) is 3. The number of methoxy groups -OCH3 is 1. The standard InChI is InChI=1S/C21H23F2IN4O3/c1-13(27-30)4-3-5-16(24)20(29)25-18-10-14-12-28(26-17(14)11-19(18)31-2)15-6-8-21(22,23)9-7-15/h3-5,10-12,15,30H,6-9H2,1-2H3,(H,25,29)/b4-3-,16-5-,27-13+. The van der Waals surface area contributed by atoms with E-state index < -0.39 is 5.92 Å². The second-order valence-corrected chi connectivity index (χ2v) is 8.54. The summed E-state index contributed by atoms with van der Waals surface area (Å²) in [7, 11) is 1.50. The number of halogens is 3. The Hall–Kier alpha value is -2.50. The lowest BCUT2D eigenvalue weighted by atomic mass is 9.92. The third-order valence-corrected chi connectivity index (χ3v) is 5.96. The molecule has 1 aliphatic carbocycles. The molecule has 0 spiro atoms. The molecule has 2 aromatic rings. The topological polar surface area (TPSA) is 88.7 Å². The highest BCUT2D eigenvalue weighted by Gasteiger charge is 2.35. The Morgan fingerprint density at radius 3 is 2.77 bits per heavy atom. The van der Waals surface area contributed by atoms with Crippen molar-refractivity contribution >= 4 is 50.8 Å². The Morgan fingerprint density at radius 1 is 1.42 bits per heavy atom. The summed E-state index contributed by atoms with van der Waals surface area (Å²) in [6.45, 7) is 1.62. The van der Waals surface area contributed by atoms with Gasteiger partial charge in [0.2, 0.25) is 5.92 Å². The van der Waals surface area contributed by atoms with Crippen LogP contribution in [0.4, 0.5) is 14.5 Å². The molecule has 0 saturated heterocycles. The number of fused-ring (bicyclic) bond motifs is 1. The number of hydrogen-bond donors (Lipinski definition) is 2. The van der Waals surface area contributed by atoms with Gasteiger partial charge in [0.15, 0.2) is 0 Å². The fourth-order valence-corrected chi connectivity index (χ4v) is 3.72. The monoisotopic (exact) mass is 544 g/mol. The van der Waals surface area contributed by atoms with Crippen LogP contribution in [-0.4, -0.2) is 39.6 Å². The van der Waals surface area contributed by atoms with E-state index in [2.05, 4.69) is 15.6 Å². The molecule has 10 heteroatoms. The molecule has 1 aliphatic rings. The number of ether oxygens (including phenoxy) is 1. The largest absolute Gasteiger partial charge is 0.494 e. The van der Waals surface area contributed by atoms with E-state index in [4.69, 9.17) is 9.94 Å². The third-order valence-electron chi connectivity index (χ3n) is 5.11. The number of oxime groups is 1. The molecule has 1 aromatic carbocycles. The molecule has 0 atom stereocenters. The highest BCUT2D eigenvalue weighted by molar-refractivity contribution is 14.1. The fourth-order valence-electron chi connectivity index (χ4n) is 3.38. The highest BCUT2D eigenvalue weighted by atomic mass is 127. The summed E-state index contributed by atoms with van der Waals surface area (Å²) in [5.74, 6) is -2.47. The number of nitrogens with one attached hydrogen (secondary N) is 1. The minimum atomic E-state index is -2.59. The maximum absolute atomic E-state index is 13.5. The SMILES string of the molecule is COc1cc2nn(C3CCC(F)(F)CC3)cc2cc1NC(=O)/C(I)=C/C=C\C(C)=N\O. The average molecular weight is 544 g/mol. The van der Waals surface area contributed by atoms with Crippen LogP contribution in [0.2, 0.25) is 0 Å². The van der Waals surface area contributed by atoms with Crippen molar-refractivity contribution in [1.29, 1.82) is 0 Å². The molecule has 0 unspecified atom stereocenters. The summed E-state index contributed by atoms with van der Waals surface area (Å²) in [6, 6.07) is 3.41. The van der Waals surface area contributed by atoms with Crippen LogP contribution in [0.15, 0.2) is 45.3 Å². The number of hydrogen-bond acceptors (Lipinski definition) is 5. The smallest absolute Gasteiger partial charge is 0.261 e. The first-order valence-electron chi connectivity index (χ1n) is 9.71. The molecule has 1 amide bonds. The van der Waals surface area contributed by atoms with Gasteiger partial charge in [-0.15, -0.1) is 0 Å². The number of carbonyl (C=O) groups is 1. The van der Waals surface area contributed by atoms with Gasteiger partial charge >= 0.3 is 0 Å². The van der Waals surface area contributed by atoms with Gasteiger partial charge in [0.1, 0.15) is 5.75 Å². The van der Waals surface area contributed by atoms with E-state index in [1.807, 2.05) is 28.8 Å². The number of amides is 1. The van der Waals surface area contributed by atoms with Gasteiger partial charge < -0.3 is 15.3 Å². The number of carbonyl (C=O) groups excluding carboxylic acids is 1. The van der Waals surface area contributed by atoms with E-state index in [9.17, 15) is 13.6 Å². The zero-order valence-electron chi connectivity index (χ0n) is 17.1. The van der Waals surface area contributed by atoms with Crippen LogP contribution in [0.1, 0.15) is 38.6 Å². The van der Waals surface area contributed by atoms with Crippen molar-refractivity contribution in [3.05, 3.63) is 40.1 Å². The lowest BCUT2D eigenvalue weighted by Gasteiger charge is -2.28. The molecule has 0 radical (unpaired) electrons. The van der Waals surface area contributed by atoms with Crippen LogP contribution >= 0.6 is 22.6 Å². The van der Waals surface area contributed by atoms with E-state index in [1.165, 1.54) is 7.11 Å². The molecule has 31 heavy (non-hydrogen) atoms. The first kappa shape index (κ1) is 23.2. The molecule has 166 valence electrons. The molecular weight excluding hydrogens is 521 g/mol. The van der Waals surface area contributed by atoms with E-state index in [-0.39, 0.29) is 24.8 Å². The van der Waals surface area contributed by atoms with Crippen molar-refractivity contribution in [3.63, 3.8) is 0 Å². The second-order valence-electron chi connectivity index (χ2n) is 7.38. The third kappa shape index (κ3) is 5.81. The summed E-state index contributed by atoms with van der Waals surface area (Å²) in [6.07, 6.45) is 7.05. The van der Waals surface area contributed by atoms with Crippen LogP contribution in [0, 0.1) is 0 Å². The molecule has 0 aliphatic heterocycles. The minimum absolute atomic E-state index is 0.0716. The van der Waals surface area contributed by atoms with Crippen LogP contribution < -0.4 is 10.1 Å². The van der Waals surface area contributed by atoms with Crippen molar-refractivity contribution in [2.24, 2.45) is 5.16 Å². The van der Waals surface area contributed by atoms with Crippen molar-refractivity contribution in [3.8, 4) is 5.75 Å². The number of anilines is 1. The number of benzene rings is 1. The molecule has 1 fully saturated rings. The minimum Gasteiger partial charge on any atom is -0.494 e. The number of aromatic nitrogens is 2. The second kappa shape index (κ2) is 9.75. The summed E-state index contributed by atoms with van der Waals surface area (Å²) < 4.78 is 34.5. The van der Waals surface area contributed by atoms with E-state index in [1.54, 1.807) is 42.0 Å². The molecule has 1 aromatic heterocycles. The molecular formula is C21H23F2IN4O3. The summed E-state index contributed by atoms with van der Waals surface area (Å²) in [5, 5.41) is 19.8. The highest BCUT2D eigenvalue weighted by Crippen LogP contribution is 2.39. The van der Waals surface area contributed by atoms with E-state index >= 15 is 0 Å². The molecule has 3 rings (SSSR count). The molecule has 0 bridgehead atoms. The maximum atomic E-state index is 13.5. The first-order chi connectivity index (χ1) is 14.7. The number of alkyl halides is 2. The van der Waals surface area contributed by atoms with Crippen LogP contribution in [0.5, 0.6) is 5.75 Å². The summed E-state index contributed by atoms with van der Waals surface area (Å²) in [5.41, 5.74) is 1.56. The van der Waals surface area contributed by atoms with Gasteiger partial charge in [0, 0.05) is 30.5 Å². The Morgan fingerprint density at radius 2 is 2.13 bits per heavy atom. The Labute approximate surface area is 192 Å². The van der Waals surface area contributed by atoms with Crippen LogP contribution in [0.25, 0.3) is 10.9 Å². The van der Waals surface area contributed by atoms with Crippen molar-refractivity contribution in [1.82, 2.24) is 9.78 Å². The molecule has 7 nitrogen and oxygen atoms in total. The number of allylic oxidation sites excluding steroid dienone is 3. The molecule has 2 N–H and O–H groups in total. The first-order valence-corrected chi connectivity index (χ1v) is 10.8. The molecule has 1 heterocycles. The van der Waals surface area contributed by atoms with Gasteiger partial charge in [-0.2, -0.15) is 5.10 Å². The Kier molecular flexibility index (Phi) is 7.29. The zero-order valence-corrected chi connectivity index (χ0v) is 19.3. The predicted molar refractivity (Wildman–Crippen MR) is 124 cm³/mol. The normalized spacial score (nSPS) is 18.0. The van der Waals surface area contributed by atoms with Crippen molar-refractivity contribution in [2.75, 3.05) is 12.4 Å². The summed E-state index contributed by atoms with van der Waals surface area (Å²) in [4.78, 5) is 12.5. The average Bonchev–Trinajstić information content (AvgIpc) is 3.15. The quantitative estimate of drug-likeness (QED) is 0.126.